The van der Waals surface area contributed by atoms with Gasteiger partial charge in [-0.25, -0.2) is 4.68 Å². The van der Waals surface area contributed by atoms with E-state index in [9.17, 15) is 0 Å². The molecule has 0 spiro atoms. The molecule has 1 aliphatic carbocycles. The minimum Gasteiger partial charge on any atom is -0.256 e. The molecule has 234 valence electrons. The van der Waals surface area contributed by atoms with Gasteiger partial charge in [-0.15, -0.1) is 0 Å². The van der Waals surface area contributed by atoms with E-state index in [1.807, 2.05) is 12.3 Å². The third kappa shape index (κ3) is 4.23. The highest BCUT2D eigenvalue weighted by Gasteiger charge is 2.47. The third-order valence-electron chi connectivity index (χ3n) is 10.4. The summed E-state index contributed by atoms with van der Waals surface area (Å²) in [6.45, 7) is 0. The summed E-state index contributed by atoms with van der Waals surface area (Å²) in [5.41, 5.74) is 14.9. The zero-order valence-electron chi connectivity index (χ0n) is 27.2. The number of hydrogen-bond donors (Lipinski definition) is 0. The predicted octanol–water partition coefficient (Wildman–Crippen LogP) is 11.3. The van der Waals surface area contributed by atoms with Crippen molar-refractivity contribution < 1.29 is 0 Å². The van der Waals surface area contributed by atoms with Crippen LogP contribution in [0.25, 0.3) is 60.9 Å². The molecule has 50 heavy (non-hydrogen) atoms. The van der Waals surface area contributed by atoms with Crippen LogP contribution in [0.3, 0.4) is 0 Å². The Balaban J connectivity index is 1.15. The molecule has 7 aromatic carbocycles. The van der Waals surface area contributed by atoms with Crippen LogP contribution in [0.4, 0.5) is 0 Å². The Kier molecular flexibility index (Phi) is 6.40. The van der Waals surface area contributed by atoms with Gasteiger partial charge in [-0.2, -0.15) is 5.10 Å². The van der Waals surface area contributed by atoms with Crippen LogP contribution in [-0.4, -0.2) is 14.8 Å². The molecule has 0 saturated carbocycles. The fourth-order valence-electron chi connectivity index (χ4n) is 8.18. The molecule has 10 rings (SSSR count). The van der Waals surface area contributed by atoms with E-state index in [0.717, 1.165) is 27.5 Å². The first-order valence-corrected chi connectivity index (χ1v) is 17.1. The molecule has 0 N–H and O–H groups in total. The van der Waals surface area contributed by atoms with Crippen molar-refractivity contribution in [3.63, 3.8) is 0 Å². The summed E-state index contributed by atoms with van der Waals surface area (Å²) in [5.74, 6) is 0. The van der Waals surface area contributed by atoms with Crippen molar-refractivity contribution in [2.45, 2.75) is 5.41 Å². The summed E-state index contributed by atoms with van der Waals surface area (Å²) < 4.78 is 2.09. The minimum atomic E-state index is -0.543. The van der Waals surface area contributed by atoms with Crippen LogP contribution in [0.15, 0.2) is 188 Å². The Bertz CT molecular complexity index is 2690. The van der Waals surface area contributed by atoms with Gasteiger partial charge in [0.15, 0.2) is 0 Å². The van der Waals surface area contributed by atoms with Gasteiger partial charge >= 0.3 is 0 Å². The van der Waals surface area contributed by atoms with Crippen LogP contribution in [-0.2, 0) is 5.41 Å². The van der Waals surface area contributed by atoms with Crippen molar-refractivity contribution in [3.8, 4) is 39.1 Å². The van der Waals surface area contributed by atoms with Crippen molar-refractivity contribution in [3.05, 3.63) is 211 Å². The van der Waals surface area contributed by atoms with Crippen LogP contribution in [0.2, 0.25) is 0 Å². The van der Waals surface area contributed by atoms with Gasteiger partial charge in [0.25, 0.3) is 0 Å². The third-order valence-corrected chi connectivity index (χ3v) is 10.4. The molecule has 2 heterocycles. The number of aromatic nitrogens is 3. The number of rotatable bonds is 5. The fraction of sp³-hybridized carbons (Fsp3) is 0.0213. The standard InChI is InChI=1S/C47H31N3/c1-3-11-32(12-4-1)34-13-9-14-35(29-34)33-20-23-39(24-21-33)50-45-27-25-41-40-18-7-8-19-43(40)47(37-16-5-2-6-17-37,46(41)42(45)31-49-50)38-22-26-44-36(30-38)15-10-28-48-44/h1-31H. The highest BCUT2D eigenvalue weighted by molar-refractivity contribution is 6.00. The van der Waals surface area contributed by atoms with Crippen molar-refractivity contribution in [1.29, 1.82) is 0 Å². The fourth-order valence-corrected chi connectivity index (χ4v) is 8.18. The van der Waals surface area contributed by atoms with E-state index in [1.54, 1.807) is 0 Å². The van der Waals surface area contributed by atoms with Gasteiger partial charge in [0.05, 0.1) is 28.3 Å². The molecule has 2 aromatic heterocycles. The molecular weight excluding hydrogens is 607 g/mol. The van der Waals surface area contributed by atoms with Crippen LogP contribution in [0, 0.1) is 0 Å². The molecule has 0 fully saturated rings. The van der Waals surface area contributed by atoms with Gasteiger partial charge in [-0.05, 0) is 98.1 Å². The molecule has 1 aliphatic rings. The van der Waals surface area contributed by atoms with Crippen LogP contribution >= 0.6 is 0 Å². The monoisotopic (exact) mass is 637 g/mol. The number of fused-ring (bicyclic) bond motifs is 6. The van der Waals surface area contributed by atoms with Crippen molar-refractivity contribution in [2.75, 3.05) is 0 Å². The van der Waals surface area contributed by atoms with E-state index in [2.05, 4.69) is 186 Å². The summed E-state index contributed by atoms with van der Waals surface area (Å²) in [6.07, 6.45) is 3.93. The number of benzene rings is 7. The minimum absolute atomic E-state index is 0.543. The second kappa shape index (κ2) is 11.3. The Morgan fingerprint density at radius 1 is 0.480 bits per heavy atom. The molecule has 0 amide bonds. The smallest absolute Gasteiger partial charge is 0.0744 e. The van der Waals surface area contributed by atoms with E-state index in [4.69, 9.17) is 5.10 Å². The maximum absolute atomic E-state index is 5.07. The predicted molar refractivity (Wildman–Crippen MR) is 205 cm³/mol. The second-order valence-electron chi connectivity index (χ2n) is 13.0. The molecule has 0 radical (unpaired) electrons. The highest BCUT2D eigenvalue weighted by Crippen LogP contribution is 2.58. The van der Waals surface area contributed by atoms with Gasteiger partial charge < -0.3 is 0 Å². The zero-order chi connectivity index (χ0) is 33.1. The average Bonchev–Trinajstić information content (AvgIpc) is 3.76. The summed E-state index contributed by atoms with van der Waals surface area (Å²) in [7, 11) is 0. The van der Waals surface area contributed by atoms with Crippen LogP contribution in [0.5, 0.6) is 0 Å². The Morgan fingerprint density at radius 2 is 1.20 bits per heavy atom. The quantitative estimate of drug-likeness (QED) is 0.188. The molecule has 0 aliphatic heterocycles. The largest absolute Gasteiger partial charge is 0.256 e. The maximum Gasteiger partial charge on any atom is 0.0744 e. The van der Waals surface area contributed by atoms with E-state index in [-0.39, 0.29) is 0 Å². The highest BCUT2D eigenvalue weighted by atomic mass is 15.3. The van der Waals surface area contributed by atoms with Crippen LogP contribution < -0.4 is 0 Å². The summed E-state index contributed by atoms with van der Waals surface area (Å²) >= 11 is 0. The molecule has 9 aromatic rings. The Labute approximate surface area is 290 Å². The van der Waals surface area contributed by atoms with Gasteiger partial charge in [0.2, 0.25) is 0 Å². The zero-order valence-corrected chi connectivity index (χ0v) is 27.2. The Morgan fingerprint density at radius 3 is 2.02 bits per heavy atom. The number of hydrogen-bond acceptors (Lipinski definition) is 2. The lowest BCUT2D eigenvalue weighted by atomic mass is 9.67. The van der Waals surface area contributed by atoms with Gasteiger partial charge in [0, 0.05) is 17.0 Å². The first kappa shape index (κ1) is 28.4. The van der Waals surface area contributed by atoms with E-state index in [1.165, 1.54) is 55.6 Å². The lowest BCUT2D eigenvalue weighted by molar-refractivity contribution is 0.777. The first-order valence-electron chi connectivity index (χ1n) is 17.1. The summed E-state index contributed by atoms with van der Waals surface area (Å²) in [5, 5.41) is 7.35. The summed E-state index contributed by atoms with van der Waals surface area (Å²) in [4.78, 5) is 4.65. The second-order valence-corrected chi connectivity index (χ2v) is 13.0. The number of nitrogens with zero attached hydrogens (tertiary/aromatic N) is 3. The molecule has 0 saturated heterocycles. The Hall–Kier alpha value is -6.58. The average molecular weight is 638 g/mol. The molecule has 0 bridgehead atoms. The molecule has 3 nitrogen and oxygen atoms in total. The topological polar surface area (TPSA) is 30.7 Å². The normalized spacial score (nSPS) is 14.9. The number of pyridine rings is 1. The van der Waals surface area contributed by atoms with Crippen molar-refractivity contribution >= 4 is 21.8 Å². The molecule has 3 heteroatoms. The maximum atomic E-state index is 5.07. The lowest BCUT2D eigenvalue weighted by Gasteiger charge is -2.34. The summed E-state index contributed by atoms with van der Waals surface area (Å²) in [6, 6.07) is 63.4. The van der Waals surface area contributed by atoms with Crippen molar-refractivity contribution in [2.24, 2.45) is 0 Å². The lowest BCUT2D eigenvalue weighted by Crippen LogP contribution is -2.28. The van der Waals surface area contributed by atoms with Crippen molar-refractivity contribution in [1.82, 2.24) is 14.8 Å². The molecular formula is C47H31N3. The SMILES string of the molecule is c1ccc(-c2cccc(-c3ccc(-n4ncc5c6c(ccc54)-c4ccccc4C6(c4ccccc4)c4ccc5ncccc5c4)cc3)c2)cc1. The first-order chi connectivity index (χ1) is 24.8. The van der Waals surface area contributed by atoms with Gasteiger partial charge in [-0.3, -0.25) is 4.98 Å². The van der Waals surface area contributed by atoms with E-state index >= 15 is 0 Å². The van der Waals surface area contributed by atoms with E-state index < -0.39 is 5.41 Å². The molecule has 1 atom stereocenters. The van der Waals surface area contributed by atoms with Gasteiger partial charge in [-0.1, -0.05) is 133 Å². The van der Waals surface area contributed by atoms with Crippen LogP contribution in [0.1, 0.15) is 22.3 Å². The van der Waals surface area contributed by atoms with E-state index in [0.29, 0.717) is 0 Å². The molecule has 1 unspecified atom stereocenters. The van der Waals surface area contributed by atoms with Gasteiger partial charge in [0.1, 0.15) is 0 Å².